The molecule has 0 aliphatic rings. The molecule has 0 unspecified atom stereocenters. The first-order chi connectivity index (χ1) is 13.9. The standard InChI is InChI=1S/C21H21F5N2O2/c1-12(2)18(27-19(29)17-15(22)5-4-6-16(17)23)20(30)28(3)11-13-7-9-14(10-8-13)21(24,25)26/h4-10,12,18H,11H2,1-3H3,(H,27,29)/t18-/m0/s1. The zero-order valence-electron chi connectivity index (χ0n) is 16.6. The van der Waals surface area contributed by atoms with Crippen molar-refractivity contribution < 1.29 is 31.5 Å². The van der Waals surface area contributed by atoms with Crippen molar-refractivity contribution in [3.05, 3.63) is 70.8 Å². The normalized spacial score (nSPS) is 12.6. The van der Waals surface area contributed by atoms with Crippen LogP contribution >= 0.6 is 0 Å². The number of hydrogen-bond donors (Lipinski definition) is 1. The van der Waals surface area contributed by atoms with Gasteiger partial charge in [0.15, 0.2) is 0 Å². The van der Waals surface area contributed by atoms with Gasteiger partial charge in [0, 0.05) is 13.6 Å². The van der Waals surface area contributed by atoms with E-state index >= 15 is 0 Å². The first-order valence-electron chi connectivity index (χ1n) is 9.07. The number of carbonyl (C=O) groups excluding carboxylic acids is 2. The Hall–Kier alpha value is -2.97. The highest BCUT2D eigenvalue weighted by molar-refractivity contribution is 5.98. The molecule has 0 saturated heterocycles. The molecule has 0 bridgehead atoms. The monoisotopic (exact) mass is 428 g/mol. The van der Waals surface area contributed by atoms with Crippen molar-refractivity contribution in [3.63, 3.8) is 0 Å². The number of benzene rings is 2. The molecule has 0 fully saturated rings. The molecule has 0 aliphatic carbocycles. The lowest BCUT2D eigenvalue weighted by atomic mass is 10.0. The quantitative estimate of drug-likeness (QED) is 0.694. The van der Waals surface area contributed by atoms with Crippen molar-refractivity contribution in [2.45, 2.75) is 32.6 Å². The topological polar surface area (TPSA) is 49.4 Å². The second-order valence-electron chi connectivity index (χ2n) is 7.18. The van der Waals surface area contributed by atoms with Gasteiger partial charge in [0.1, 0.15) is 23.2 Å². The molecule has 0 spiro atoms. The van der Waals surface area contributed by atoms with E-state index in [0.29, 0.717) is 5.56 Å². The summed E-state index contributed by atoms with van der Waals surface area (Å²) in [4.78, 5) is 26.4. The predicted octanol–water partition coefficient (Wildman–Crippen LogP) is 4.40. The molecule has 30 heavy (non-hydrogen) atoms. The second kappa shape index (κ2) is 9.23. The average Bonchev–Trinajstić information content (AvgIpc) is 2.64. The van der Waals surface area contributed by atoms with Crippen LogP contribution < -0.4 is 5.32 Å². The van der Waals surface area contributed by atoms with E-state index in [2.05, 4.69) is 5.32 Å². The fourth-order valence-electron chi connectivity index (χ4n) is 2.83. The van der Waals surface area contributed by atoms with Crippen LogP contribution in [-0.4, -0.2) is 29.8 Å². The summed E-state index contributed by atoms with van der Waals surface area (Å²) in [5, 5.41) is 2.35. The number of nitrogens with one attached hydrogen (secondary N) is 1. The maximum atomic E-state index is 13.8. The van der Waals surface area contributed by atoms with Crippen molar-refractivity contribution in [2.24, 2.45) is 5.92 Å². The van der Waals surface area contributed by atoms with Gasteiger partial charge in [0.05, 0.1) is 5.56 Å². The third-order valence-electron chi connectivity index (χ3n) is 4.49. The molecule has 1 N–H and O–H groups in total. The molecule has 2 rings (SSSR count). The Morgan fingerprint density at radius 2 is 1.53 bits per heavy atom. The minimum atomic E-state index is -4.46. The number of carbonyl (C=O) groups is 2. The highest BCUT2D eigenvalue weighted by atomic mass is 19.4. The van der Waals surface area contributed by atoms with Gasteiger partial charge in [0.25, 0.3) is 5.91 Å². The molecule has 9 heteroatoms. The Labute approximate surface area is 170 Å². The maximum absolute atomic E-state index is 13.8. The van der Waals surface area contributed by atoms with Crippen molar-refractivity contribution in [1.82, 2.24) is 10.2 Å². The summed E-state index contributed by atoms with van der Waals surface area (Å²) >= 11 is 0. The van der Waals surface area contributed by atoms with E-state index < -0.39 is 52.7 Å². The number of nitrogens with zero attached hydrogens (tertiary/aromatic N) is 1. The van der Waals surface area contributed by atoms with Crippen LogP contribution in [0.5, 0.6) is 0 Å². The summed E-state index contributed by atoms with van der Waals surface area (Å²) in [5.41, 5.74) is -1.14. The van der Waals surface area contributed by atoms with E-state index in [1.54, 1.807) is 13.8 Å². The Balaban J connectivity index is 2.13. The van der Waals surface area contributed by atoms with Crippen molar-refractivity contribution in [3.8, 4) is 0 Å². The fourth-order valence-corrected chi connectivity index (χ4v) is 2.83. The third kappa shape index (κ3) is 5.55. The van der Waals surface area contributed by atoms with Gasteiger partial charge in [-0.05, 0) is 35.7 Å². The van der Waals surface area contributed by atoms with Crippen LogP contribution in [-0.2, 0) is 17.5 Å². The summed E-state index contributed by atoms with van der Waals surface area (Å²) in [6.07, 6.45) is -4.46. The number of rotatable bonds is 6. The summed E-state index contributed by atoms with van der Waals surface area (Å²) < 4.78 is 65.7. The Kier molecular flexibility index (Phi) is 7.17. The highest BCUT2D eigenvalue weighted by Gasteiger charge is 2.31. The molecule has 2 aromatic carbocycles. The molecule has 0 aliphatic heterocycles. The van der Waals surface area contributed by atoms with Gasteiger partial charge < -0.3 is 10.2 Å². The van der Waals surface area contributed by atoms with Crippen LogP contribution in [0.4, 0.5) is 22.0 Å². The summed E-state index contributed by atoms with van der Waals surface area (Å²) in [6, 6.07) is 6.23. The van der Waals surface area contributed by atoms with E-state index in [4.69, 9.17) is 0 Å². The molecular weight excluding hydrogens is 407 g/mol. The van der Waals surface area contributed by atoms with Gasteiger partial charge in [-0.2, -0.15) is 13.2 Å². The minimum absolute atomic E-state index is 0.00980. The van der Waals surface area contributed by atoms with Crippen LogP contribution in [0.25, 0.3) is 0 Å². The molecule has 4 nitrogen and oxygen atoms in total. The van der Waals surface area contributed by atoms with Gasteiger partial charge in [-0.15, -0.1) is 0 Å². The van der Waals surface area contributed by atoms with Gasteiger partial charge in [0.2, 0.25) is 5.91 Å². The lowest BCUT2D eigenvalue weighted by Crippen LogP contribution is -2.50. The number of amides is 2. The van der Waals surface area contributed by atoms with Crippen LogP contribution in [0.1, 0.15) is 35.3 Å². The number of likely N-dealkylation sites (N-methyl/N-ethyl adjacent to an activating group) is 1. The molecule has 0 saturated carbocycles. The Morgan fingerprint density at radius 1 is 1.00 bits per heavy atom. The van der Waals surface area contributed by atoms with Gasteiger partial charge in [-0.25, -0.2) is 8.78 Å². The summed E-state index contributed by atoms with van der Waals surface area (Å²) in [7, 11) is 1.42. The first kappa shape index (κ1) is 23.3. The van der Waals surface area contributed by atoms with Crippen molar-refractivity contribution >= 4 is 11.8 Å². The SMILES string of the molecule is CC(C)[C@H](NC(=O)c1c(F)cccc1F)C(=O)N(C)Cc1ccc(C(F)(F)F)cc1. The van der Waals surface area contributed by atoms with Crippen LogP contribution in [0.2, 0.25) is 0 Å². The molecule has 2 amide bonds. The first-order valence-corrected chi connectivity index (χ1v) is 9.07. The minimum Gasteiger partial charge on any atom is -0.340 e. The third-order valence-corrected chi connectivity index (χ3v) is 4.49. The molecule has 0 radical (unpaired) electrons. The van der Waals surface area contributed by atoms with Crippen LogP contribution in [0, 0.1) is 17.6 Å². The molecule has 2 aromatic rings. The van der Waals surface area contributed by atoms with E-state index in [0.717, 1.165) is 30.3 Å². The Bertz CT molecular complexity index is 890. The van der Waals surface area contributed by atoms with Gasteiger partial charge >= 0.3 is 6.18 Å². The molecule has 162 valence electrons. The lowest BCUT2D eigenvalue weighted by Gasteiger charge is -2.27. The fraction of sp³-hybridized carbons (Fsp3) is 0.333. The lowest BCUT2D eigenvalue weighted by molar-refractivity contribution is -0.137. The number of halogens is 5. The Morgan fingerprint density at radius 3 is 2.00 bits per heavy atom. The van der Waals surface area contributed by atoms with E-state index in [9.17, 15) is 31.5 Å². The van der Waals surface area contributed by atoms with Gasteiger partial charge in [-0.3, -0.25) is 9.59 Å². The van der Waals surface area contributed by atoms with E-state index in [1.165, 1.54) is 24.1 Å². The average molecular weight is 428 g/mol. The van der Waals surface area contributed by atoms with E-state index in [1.807, 2.05) is 0 Å². The van der Waals surface area contributed by atoms with Crippen molar-refractivity contribution in [2.75, 3.05) is 7.05 Å². The predicted molar refractivity (Wildman–Crippen MR) is 100 cm³/mol. The molecule has 0 heterocycles. The number of alkyl halides is 3. The summed E-state index contributed by atoms with van der Waals surface area (Å²) in [5.74, 6) is -4.14. The number of hydrogen-bond acceptors (Lipinski definition) is 2. The second-order valence-corrected chi connectivity index (χ2v) is 7.18. The largest absolute Gasteiger partial charge is 0.416 e. The van der Waals surface area contributed by atoms with Gasteiger partial charge in [-0.1, -0.05) is 32.0 Å². The highest BCUT2D eigenvalue weighted by Crippen LogP contribution is 2.29. The molecule has 0 aromatic heterocycles. The summed E-state index contributed by atoms with van der Waals surface area (Å²) in [6.45, 7) is 3.28. The smallest absolute Gasteiger partial charge is 0.340 e. The van der Waals surface area contributed by atoms with E-state index in [-0.39, 0.29) is 6.54 Å². The van der Waals surface area contributed by atoms with Crippen LogP contribution in [0.15, 0.2) is 42.5 Å². The molecular formula is C21H21F5N2O2. The maximum Gasteiger partial charge on any atom is 0.416 e. The van der Waals surface area contributed by atoms with Crippen molar-refractivity contribution in [1.29, 1.82) is 0 Å². The van der Waals surface area contributed by atoms with Crippen LogP contribution in [0.3, 0.4) is 0 Å². The zero-order chi connectivity index (χ0) is 22.6. The molecule has 1 atom stereocenters. The zero-order valence-corrected chi connectivity index (χ0v) is 16.6.